The molecule has 1 fully saturated rings. The molecule has 1 amide bonds. The highest BCUT2D eigenvalue weighted by molar-refractivity contribution is 8.01. The molecule has 0 aromatic carbocycles. The summed E-state index contributed by atoms with van der Waals surface area (Å²) in [5, 5.41) is 8.85. The Morgan fingerprint density at radius 2 is 2.22 bits per heavy atom. The van der Waals surface area contributed by atoms with Crippen molar-refractivity contribution in [1.29, 1.82) is 0 Å². The molecule has 124 valence electrons. The molecule has 2 aromatic rings. The van der Waals surface area contributed by atoms with Gasteiger partial charge < -0.3 is 9.84 Å². The van der Waals surface area contributed by atoms with E-state index < -0.39 is 0 Å². The molecule has 1 N–H and O–H groups in total. The van der Waals surface area contributed by atoms with E-state index in [2.05, 4.69) is 20.4 Å². The zero-order valence-corrected chi connectivity index (χ0v) is 14.7. The molecule has 0 bridgehead atoms. The first-order chi connectivity index (χ1) is 11.2. The number of thiazole rings is 1. The van der Waals surface area contributed by atoms with Crippen LogP contribution in [0, 0.1) is 6.92 Å². The molecule has 23 heavy (non-hydrogen) atoms. The summed E-state index contributed by atoms with van der Waals surface area (Å²) >= 11 is 3.00. The number of hydrogen-bond donors (Lipinski definition) is 1. The van der Waals surface area contributed by atoms with Crippen LogP contribution in [0.3, 0.4) is 0 Å². The molecule has 2 aromatic heterocycles. The van der Waals surface area contributed by atoms with E-state index in [0.29, 0.717) is 17.6 Å². The summed E-state index contributed by atoms with van der Waals surface area (Å²) in [5.41, 5.74) is 0.985. The van der Waals surface area contributed by atoms with Gasteiger partial charge >= 0.3 is 0 Å². The highest BCUT2D eigenvalue weighted by atomic mass is 32.2. The second-order valence-corrected chi connectivity index (χ2v) is 7.78. The number of aryl methyl sites for hydroxylation is 1. The highest BCUT2D eigenvalue weighted by Crippen LogP contribution is 2.30. The molecule has 1 aliphatic carbocycles. The molecule has 0 radical (unpaired) electrons. The Kier molecular flexibility index (Phi) is 5.66. The molecule has 2 heterocycles. The van der Waals surface area contributed by atoms with Gasteiger partial charge in [0.05, 0.1) is 12.3 Å². The smallest absolute Gasteiger partial charge is 0.246 e. The maximum absolute atomic E-state index is 11.9. The van der Waals surface area contributed by atoms with Crippen LogP contribution in [0.15, 0.2) is 14.2 Å². The second kappa shape index (κ2) is 7.92. The number of aromatic nitrogens is 3. The van der Waals surface area contributed by atoms with E-state index in [1.165, 1.54) is 31.0 Å². The van der Waals surface area contributed by atoms with Crippen LogP contribution in [0.1, 0.15) is 55.4 Å². The summed E-state index contributed by atoms with van der Waals surface area (Å²) in [5.74, 6) is 1.98. The van der Waals surface area contributed by atoms with Gasteiger partial charge in [0.2, 0.25) is 11.8 Å². The van der Waals surface area contributed by atoms with Crippen molar-refractivity contribution in [1.82, 2.24) is 20.4 Å². The largest absolute Gasteiger partial charge is 0.346 e. The number of nitrogens with one attached hydrogen (secondary N) is 1. The van der Waals surface area contributed by atoms with Crippen LogP contribution in [-0.4, -0.2) is 26.8 Å². The SMILES string of the molecule is Cc1csc(SCC(=O)NCc2nc(C3CCCCC3)no2)n1. The van der Waals surface area contributed by atoms with E-state index in [9.17, 15) is 4.79 Å². The lowest BCUT2D eigenvalue weighted by molar-refractivity contribution is -0.118. The standard InChI is InChI=1S/C15H20N4O2S2/c1-10-8-22-15(17-10)23-9-12(20)16-7-13-18-14(19-21-13)11-5-3-2-4-6-11/h8,11H,2-7,9H2,1H3,(H,16,20). The first kappa shape index (κ1) is 16.4. The van der Waals surface area contributed by atoms with E-state index in [4.69, 9.17) is 4.52 Å². The predicted molar refractivity (Wildman–Crippen MR) is 89.5 cm³/mol. The maximum atomic E-state index is 11.9. The lowest BCUT2D eigenvalue weighted by atomic mass is 9.89. The highest BCUT2D eigenvalue weighted by Gasteiger charge is 2.20. The van der Waals surface area contributed by atoms with Crippen molar-refractivity contribution in [3.8, 4) is 0 Å². The number of rotatable bonds is 6. The summed E-state index contributed by atoms with van der Waals surface area (Å²) in [6, 6.07) is 0. The van der Waals surface area contributed by atoms with Gasteiger partial charge in [0.15, 0.2) is 10.2 Å². The van der Waals surface area contributed by atoms with Gasteiger partial charge in [-0.05, 0) is 19.8 Å². The van der Waals surface area contributed by atoms with Crippen molar-refractivity contribution in [2.45, 2.75) is 55.8 Å². The number of carbonyl (C=O) groups excluding carboxylic acids is 1. The van der Waals surface area contributed by atoms with E-state index in [1.54, 1.807) is 11.3 Å². The van der Waals surface area contributed by atoms with Crippen molar-refractivity contribution in [3.05, 3.63) is 22.8 Å². The first-order valence-corrected chi connectivity index (χ1v) is 9.71. The van der Waals surface area contributed by atoms with Crippen molar-refractivity contribution < 1.29 is 9.32 Å². The number of thioether (sulfide) groups is 1. The topological polar surface area (TPSA) is 80.9 Å². The van der Waals surface area contributed by atoms with Gasteiger partial charge in [-0.3, -0.25) is 4.79 Å². The lowest BCUT2D eigenvalue weighted by Gasteiger charge is -2.17. The van der Waals surface area contributed by atoms with Gasteiger partial charge in [0, 0.05) is 17.0 Å². The van der Waals surface area contributed by atoms with E-state index >= 15 is 0 Å². The van der Waals surface area contributed by atoms with Crippen molar-refractivity contribution in [2.75, 3.05) is 5.75 Å². The summed E-state index contributed by atoms with van der Waals surface area (Å²) in [6.07, 6.45) is 6.04. The molecule has 8 heteroatoms. The fourth-order valence-electron chi connectivity index (χ4n) is 2.62. The molecule has 1 aliphatic rings. The minimum absolute atomic E-state index is 0.0553. The number of nitrogens with zero attached hydrogens (tertiary/aromatic N) is 3. The molecular formula is C15H20N4O2S2. The molecule has 3 rings (SSSR count). The zero-order valence-electron chi connectivity index (χ0n) is 13.1. The summed E-state index contributed by atoms with van der Waals surface area (Å²) in [4.78, 5) is 20.6. The Morgan fingerprint density at radius 1 is 1.39 bits per heavy atom. The van der Waals surface area contributed by atoms with E-state index in [1.807, 2.05) is 12.3 Å². The minimum Gasteiger partial charge on any atom is -0.346 e. The van der Waals surface area contributed by atoms with Gasteiger partial charge in [-0.2, -0.15) is 4.98 Å². The predicted octanol–water partition coefficient (Wildman–Crippen LogP) is 3.29. The van der Waals surface area contributed by atoms with Gasteiger partial charge in [0.1, 0.15) is 0 Å². The molecule has 0 unspecified atom stereocenters. The van der Waals surface area contributed by atoms with Crippen molar-refractivity contribution >= 4 is 29.0 Å². The van der Waals surface area contributed by atoms with Gasteiger partial charge in [0.25, 0.3) is 0 Å². The molecule has 0 saturated heterocycles. The summed E-state index contributed by atoms with van der Waals surface area (Å²) in [6.45, 7) is 2.23. The van der Waals surface area contributed by atoms with Gasteiger partial charge in [-0.1, -0.05) is 36.2 Å². The zero-order chi connectivity index (χ0) is 16.1. The quantitative estimate of drug-likeness (QED) is 0.804. The van der Waals surface area contributed by atoms with Crippen molar-refractivity contribution in [2.24, 2.45) is 0 Å². The summed E-state index contributed by atoms with van der Waals surface area (Å²) < 4.78 is 6.15. The fraction of sp³-hybridized carbons (Fsp3) is 0.600. The van der Waals surface area contributed by atoms with Crippen LogP contribution in [0.25, 0.3) is 0 Å². The van der Waals surface area contributed by atoms with E-state index in [0.717, 1.165) is 28.7 Å². The third-order valence-electron chi connectivity index (χ3n) is 3.82. The minimum atomic E-state index is -0.0553. The molecule has 0 aliphatic heterocycles. The first-order valence-electron chi connectivity index (χ1n) is 7.85. The summed E-state index contributed by atoms with van der Waals surface area (Å²) in [7, 11) is 0. The fourth-order valence-corrected chi connectivity index (χ4v) is 4.30. The average molecular weight is 352 g/mol. The number of hydrogen-bond acceptors (Lipinski definition) is 7. The molecule has 0 atom stereocenters. The van der Waals surface area contributed by atoms with Crippen LogP contribution in [0.4, 0.5) is 0 Å². The molecule has 0 spiro atoms. The second-order valence-electron chi connectivity index (χ2n) is 5.70. The van der Waals surface area contributed by atoms with E-state index in [-0.39, 0.29) is 12.5 Å². The Bertz CT molecular complexity index is 649. The van der Waals surface area contributed by atoms with Crippen molar-refractivity contribution in [3.63, 3.8) is 0 Å². The van der Waals surface area contributed by atoms with Crippen LogP contribution in [0.2, 0.25) is 0 Å². The van der Waals surface area contributed by atoms with Gasteiger partial charge in [-0.25, -0.2) is 4.98 Å². The molecular weight excluding hydrogens is 332 g/mol. The Morgan fingerprint density at radius 3 is 2.96 bits per heavy atom. The van der Waals surface area contributed by atoms with Crippen LogP contribution >= 0.6 is 23.1 Å². The Hall–Kier alpha value is -1.41. The van der Waals surface area contributed by atoms with Crippen LogP contribution < -0.4 is 5.32 Å². The monoisotopic (exact) mass is 352 g/mol. The average Bonchev–Trinajstić information content (AvgIpc) is 3.21. The Labute approximate surface area is 143 Å². The van der Waals surface area contributed by atoms with Gasteiger partial charge in [-0.15, -0.1) is 11.3 Å². The number of carbonyl (C=O) groups is 1. The third kappa shape index (κ3) is 4.78. The normalized spacial score (nSPS) is 15.7. The molecule has 6 nitrogen and oxygen atoms in total. The van der Waals surface area contributed by atoms with Crippen LogP contribution in [0.5, 0.6) is 0 Å². The number of amides is 1. The third-order valence-corrected chi connectivity index (χ3v) is 5.95. The van der Waals surface area contributed by atoms with Crippen LogP contribution in [-0.2, 0) is 11.3 Å². The lowest BCUT2D eigenvalue weighted by Crippen LogP contribution is -2.24. The maximum Gasteiger partial charge on any atom is 0.246 e. The molecule has 1 saturated carbocycles. The Balaban J connectivity index is 1.42.